The fraction of sp³-hybridized carbons (Fsp3) is 0.643. The average Bonchev–Trinajstić information content (AvgIpc) is 2.41. The molecule has 0 saturated heterocycles. The summed E-state index contributed by atoms with van der Waals surface area (Å²) in [5.41, 5.74) is 5.81. The molecule has 8 heteroatoms. The molecule has 5 N–H and O–H groups in total. The quantitative estimate of drug-likeness (QED) is 0.275. The zero-order valence-electron chi connectivity index (χ0n) is 12.8. The van der Waals surface area contributed by atoms with Crippen LogP contribution < -0.4 is 11.1 Å². The van der Waals surface area contributed by atoms with Crippen molar-refractivity contribution >= 4 is 29.6 Å². The van der Waals surface area contributed by atoms with Gasteiger partial charge in [-0.1, -0.05) is 30.6 Å². The lowest BCUT2D eigenvalue weighted by atomic mass is 9.59. The molecule has 1 aromatic rings. The zero-order valence-corrected chi connectivity index (χ0v) is 13.5. The zero-order chi connectivity index (χ0) is 16.3. The van der Waals surface area contributed by atoms with Crippen molar-refractivity contribution in [3.63, 3.8) is 0 Å². The van der Waals surface area contributed by atoms with E-state index in [0.29, 0.717) is 29.8 Å². The van der Waals surface area contributed by atoms with E-state index >= 15 is 0 Å². The summed E-state index contributed by atoms with van der Waals surface area (Å²) in [7, 11) is 0. The fourth-order valence-electron chi connectivity index (χ4n) is 2.89. The smallest absolute Gasteiger partial charge is 0.223 e. The summed E-state index contributed by atoms with van der Waals surface area (Å²) in [6.07, 6.45) is 3.09. The summed E-state index contributed by atoms with van der Waals surface area (Å²) in [6.45, 7) is 5.05. The molecule has 0 radical (unpaired) electrons. The molecule has 0 amide bonds. The van der Waals surface area contributed by atoms with E-state index < -0.39 is 0 Å². The summed E-state index contributed by atoms with van der Waals surface area (Å²) in [6, 6.07) is 0. The monoisotopic (exact) mass is 327 g/mol. The number of nitrogen functional groups attached to an aromatic ring is 1. The summed E-state index contributed by atoms with van der Waals surface area (Å²) < 4.78 is 0. The summed E-state index contributed by atoms with van der Waals surface area (Å²) in [5.74, 6) is 1.68. The van der Waals surface area contributed by atoms with Gasteiger partial charge in [-0.25, -0.2) is 4.98 Å². The largest absolute Gasteiger partial charge is 0.411 e. The minimum atomic E-state index is -0.158. The molecule has 0 unspecified atom stereocenters. The summed E-state index contributed by atoms with van der Waals surface area (Å²) >= 11 is 5.99. The third-order valence-electron chi connectivity index (χ3n) is 4.40. The fourth-order valence-corrected chi connectivity index (χ4v) is 3.11. The lowest BCUT2D eigenvalue weighted by molar-refractivity contribution is -0.0134. The number of aliphatic hydroxyl groups excluding tert-OH is 1. The standard InChI is InChI=1S/C14H22ClN5O2/c1-8(2)9-3-14(4-9,7-21)6-17-12-10(5-18-22)11(15)19-13(16)20-12/h5,8-9,21-22H,3-4,6-7H2,1-2H3,(H3,16,17,19,20). The first-order valence-corrected chi connectivity index (χ1v) is 7.64. The van der Waals surface area contributed by atoms with Crippen LogP contribution in [0, 0.1) is 17.3 Å². The van der Waals surface area contributed by atoms with Crippen LogP contribution in [0.25, 0.3) is 0 Å². The van der Waals surface area contributed by atoms with E-state index in [2.05, 4.69) is 34.3 Å². The first-order chi connectivity index (χ1) is 10.4. The van der Waals surface area contributed by atoms with Gasteiger partial charge < -0.3 is 21.4 Å². The number of hydrogen-bond acceptors (Lipinski definition) is 7. The van der Waals surface area contributed by atoms with Crippen LogP contribution in [0.4, 0.5) is 11.8 Å². The molecule has 1 aliphatic carbocycles. The van der Waals surface area contributed by atoms with Gasteiger partial charge in [0.2, 0.25) is 5.95 Å². The number of nitrogens with two attached hydrogens (primary N) is 1. The van der Waals surface area contributed by atoms with Crippen molar-refractivity contribution in [1.82, 2.24) is 9.97 Å². The Morgan fingerprint density at radius 2 is 2.18 bits per heavy atom. The van der Waals surface area contributed by atoms with Gasteiger partial charge in [0.1, 0.15) is 11.0 Å². The van der Waals surface area contributed by atoms with Crippen molar-refractivity contribution in [3.05, 3.63) is 10.7 Å². The molecule has 0 spiro atoms. The normalized spacial score (nSPS) is 24.7. The third kappa shape index (κ3) is 3.41. The van der Waals surface area contributed by atoms with Crippen molar-refractivity contribution in [2.45, 2.75) is 26.7 Å². The first kappa shape index (κ1) is 16.8. The minimum absolute atomic E-state index is 0.0364. The van der Waals surface area contributed by atoms with Crippen molar-refractivity contribution in [2.75, 3.05) is 24.2 Å². The minimum Gasteiger partial charge on any atom is -0.411 e. The maximum atomic E-state index is 9.71. The van der Waals surface area contributed by atoms with E-state index in [1.54, 1.807) is 0 Å². The number of nitrogens with zero attached hydrogens (tertiary/aromatic N) is 3. The van der Waals surface area contributed by atoms with Crippen molar-refractivity contribution in [2.24, 2.45) is 22.4 Å². The molecule has 1 saturated carbocycles. The molecular formula is C14H22ClN5O2. The molecule has 0 bridgehead atoms. The van der Waals surface area contributed by atoms with Crippen LogP contribution in [0.1, 0.15) is 32.3 Å². The van der Waals surface area contributed by atoms with E-state index in [1.165, 1.54) is 0 Å². The van der Waals surface area contributed by atoms with E-state index in [4.69, 9.17) is 22.5 Å². The van der Waals surface area contributed by atoms with Crippen LogP contribution in [0.2, 0.25) is 5.15 Å². The number of halogens is 1. The molecule has 1 heterocycles. The Labute approximate surface area is 134 Å². The highest BCUT2D eigenvalue weighted by atomic mass is 35.5. The van der Waals surface area contributed by atoms with Crippen LogP contribution in [-0.2, 0) is 0 Å². The van der Waals surface area contributed by atoms with Gasteiger partial charge in [-0.15, -0.1) is 0 Å². The van der Waals surface area contributed by atoms with Gasteiger partial charge in [-0.3, -0.25) is 0 Å². The second kappa shape index (κ2) is 6.66. The van der Waals surface area contributed by atoms with Gasteiger partial charge in [0.05, 0.1) is 18.4 Å². The highest BCUT2D eigenvalue weighted by Crippen LogP contribution is 2.48. The lowest BCUT2D eigenvalue weighted by Gasteiger charge is -2.48. The van der Waals surface area contributed by atoms with Gasteiger partial charge in [-0.2, -0.15) is 4.98 Å². The van der Waals surface area contributed by atoms with E-state index in [1.807, 2.05) is 0 Å². The Hall–Kier alpha value is -1.60. The van der Waals surface area contributed by atoms with Crippen LogP contribution in [0.15, 0.2) is 5.16 Å². The van der Waals surface area contributed by atoms with Gasteiger partial charge >= 0.3 is 0 Å². The van der Waals surface area contributed by atoms with Crippen molar-refractivity contribution in [1.29, 1.82) is 0 Å². The molecule has 7 nitrogen and oxygen atoms in total. The van der Waals surface area contributed by atoms with Crippen LogP contribution in [0.5, 0.6) is 0 Å². The number of rotatable bonds is 6. The van der Waals surface area contributed by atoms with Crippen molar-refractivity contribution < 1.29 is 10.3 Å². The molecule has 122 valence electrons. The lowest BCUT2D eigenvalue weighted by Crippen LogP contribution is -2.47. The van der Waals surface area contributed by atoms with Crippen LogP contribution in [0.3, 0.4) is 0 Å². The molecule has 1 fully saturated rings. The predicted octanol–water partition coefficient (Wildman–Crippen LogP) is 1.98. The summed E-state index contributed by atoms with van der Waals surface area (Å²) in [5, 5.41) is 24.7. The number of anilines is 2. The van der Waals surface area contributed by atoms with Gasteiger partial charge in [-0.05, 0) is 24.7 Å². The van der Waals surface area contributed by atoms with E-state index in [-0.39, 0.29) is 23.1 Å². The van der Waals surface area contributed by atoms with Crippen molar-refractivity contribution in [3.8, 4) is 0 Å². The second-order valence-corrected chi connectivity index (χ2v) is 6.66. The Kier molecular flexibility index (Phi) is 5.08. The number of aliphatic hydroxyl groups is 1. The topological polar surface area (TPSA) is 117 Å². The average molecular weight is 328 g/mol. The maximum Gasteiger partial charge on any atom is 0.223 e. The van der Waals surface area contributed by atoms with Gasteiger partial charge in [0.15, 0.2) is 0 Å². The Morgan fingerprint density at radius 1 is 1.50 bits per heavy atom. The molecule has 0 aromatic carbocycles. The maximum absolute atomic E-state index is 9.71. The molecule has 0 aliphatic heterocycles. The number of oxime groups is 1. The SMILES string of the molecule is CC(C)C1CC(CO)(CNc2nc(N)nc(Cl)c2C=NO)C1. The molecule has 1 aromatic heterocycles. The molecule has 0 atom stereocenters. The molecular weight excluding hydrogens is 306 g/mol. The van der Waals surface area contributed by atoms with Crippen LogP contribution in [-0.4, -0.2) is 39.6 Å². The number of aromatic nitrogens is 2. The highest BCUT2D eigenvalue weighted by molar-refractivity contribution is 6.32. The molecule has 2 rings (SSSR count). The number of hydrogen-bond donors (Lipinski definition) is 4. The molecule has 1 aliphatic rings. The first-order valence-electron chi connectivity index (χ1n) is 7.26. The van der Waals surface area contributed by atoms with Gasteiger partial charge in [0, 0.05) is 12.0 Å². The Morgan fingerprint density at radius 3 is 2.73 bits per heavy atom. The van der Waals surface area contributed by atoms with Gasteiger partial charge in [0.25, 0.3) is 0 Å². The second-order valence-electron chi connectivity index (χ2n) is 6.30. The Bertz CT molecular complexity index is 558. The van der Waals surface area contributed by atoms with Crippen LogP contribution >= 0.6 is 11.6 Å². The third-order valence-corrected chi connectivity index (χ3v) is 4.69. The predicted molar refractivity (Wildman–Crippen MR) is 86.4 cm³/mol. The summed E-state index contributed by atoms with van der Waals surface area (Å²) in [4.78, 5) is 7.92. The molecule has 22 heavy (non-hydrogen) atoms. The number of nitrogens with one attached hydrogen (secondary N) is 1. The Balaban J connectivity index is 2.11. The van der Waals surface area contributed by atoms with E-state index in [9.17, 15) is 5.11 Å². The van der Waals surface area contributed by atoms with E-state index in [0.717, 1.165) is 19.1 Å². The highest BCUT2D eigenvalue weighted by Gasteiger charge is 2.44.